The maximum atomic E-state index is 12.5. The summed E-state index contributed by atoms with van der Waals surface area (Å²) in [6, 6.07) is 7.61. The summed E-state index contributed by atoms with van der Waals surface area (Å²) in [5.74, 6) is 1.10. The molecular formula is C21H32N2O3. The fourth-order valence-electron chi connectivity index (χ4n) is 3.62. The molecule has 0 radical (unpaired) electrons. The van der Waals surface area contributed by atoms with Crippen molar-refractivity contribution in [2.75, 3.05) is 38.7 Å². The Morgan fingerprint density at radius 3 is 2.38 bits per heavy atom. The number of rotatable bonds is 8. The van der Waals surface area contributed by atoms with E-state index in [2.05, 4.69) is 10.2 Å². The molecule has 3 rings (SSSR count). The highest BCUT2D eigenvalue weighted by Crippen LogP contribution is 2.42. The van der Waals surface area contributed by atoms with Gasteiger partial charge in [-0.2, -0.15) is 0 Å². The number of hydrogen-bond donors (Lipinski definition) is 1. The summed E-state index contributed by atoms with van der Waals surface area (Å²) in [6.45, 7) is 5.93. The lowest BCUT2D eigenvalue weighted by atomic mass is 9.99. The van der Waals surface area contributed by atoms with Crippen LogP contribution in [0.15, 0.2) is 24.3 Å². The van der Waals surface area contributed by atoms with Gasteiger partial charge in [0.15, 0.2) is 0 Å². The summed E-state index contributed by atoms with van der Waals surface area (Å²) in [5, 5.41) is 2.97. The third kappa shape index (κ3) is 4.98. The van der Waals surface area contributed by atoms with Gasteiger partial charge in [0.1, 0.15) is 18.0 Å². The number of benzene rings is 1. The Morgan fingerprint density at radius 1 is 1.15 bits per heavy atom. The second-order valence-electron chi connectivity index (χ2n) is 7.67. The summed E-state index contributed by atoms with van der Waals surface area (Å²) >= 11 is 0. The number of carbonyl (C=O) groups excluding carboxylic acids is 1. The Hall–Kier alpha value is -1.59. The maximum absolute atomic E-state index is 12.5. The second-order valence-corrected chi connectivity index (χ2v) is 7.67. The topological polar surface area (TPSA) is 50.8 Å². The number of methoxy groups -OCH3 is 1. The summed E-state index contributed by atoms with van der Waals surface area (Å²) in [7, 11) is 1.61. The predicted octanol–water partition coefficient (Wildman–Crippen LogP) is 3.70. The van der Waals surface area contributed by atoms with Crippen molar-refractivity contribution in [3.8, 4) is 5.75 Å². The molecule has 1 aromatic carbocycles. The molecule has 1 heterocycles. The van der Waals surface area contributed by atoms with Gasteiger partial charge < -0.3 is 14.8 Å². The Labute approximate surface area is 157 Å². The van der Waals surface area contributed by atoms with Crippen LogP contribution in [0.25, 0.3) is 0 Å². The second kappa shape index (κ2) is 8.87. The SMILES string of the molecule is CO[C@@](C)(C(=O)Nc1ccc(OCCN2CCCCCC2)cc1)C1CC1. The van der Waals surface area contributed by atoms with Crippen molar-refractivity contribution in [3.63, 3.8) is 0 Å². The third-order valence-electron chi connectivity index (χ3n) is 5.72. The van der Waals surface area contributed by atoms with E-state index in [-0.39, 0.29) is 5.91 Å². The third-order valence-corrected chi connectivity index (χ3v) is 5.72. The minimum Gasteiger partial charge on any atom is -0.492 e. The highest BCUT2D eigenvalue weighted by atomic mass is 16.5. The summed E-state index contributed by atoms with van der Waals surface area (Å²) in [4.78, 5) is 15.0. The number of amides is 1. The molecule has 2 aliphatic rings. The first kappa shape index (κ1) is 19.2. The highest BCUT2D eigenvalue weighted by molar-refractivity contribution is 5.97. The first-order chi connectivity index (χ1) is 12.6. The number of carbonyl (C=O) groups is 1. The Kier molecular flexibility index (Phi) is 6.54. The summed E-state index contributed by atoms with van der Waals surface area (Å²) in [5.41, 5.74) is 0.0429. The van der Waals surface area contributed by atoms with Gasteiger partial charge in [-0.15, -0.1) is 0 Å². The molecule has 1 saturated heterocycles. The van der Waals surface area contributed by atoms with Crippen molar-refractivity contribution < 1.29 is 14.3 Å². The first-order valence-corrected chi connectivity index (χ1v) is 9.93. The van der Waals surface area contributed by atoms with Crippen molar-refractivity contribution >= 4 is 11.6 Å². The molecule has 5 heteroatoms. The standard InChI is InChI=1S/C21H32N2O3/c1-21(25-2,17-7-8-17)20(24)22-18-9-11-19(12-10-18)26-16-15-23-13-5-3-4-6-14-23/h9-12,17H,3-8,13-16H2,1-2H3,(H,22,24)/t21-/m1/s1. The number of nitrogens with zero attached hydrogens (tertiary/aromatic N) is 1. The quantitative estimate of drug-likeness (QED) is 0.768. The zero-order valence-electron chi connectivity index (χ0n) is 16.1. The largest absolute Gasteiger partial charge is 0.492 e. The fourth-order valence-corrected chi connectivity index (χ4v) is 3.62. The van der Waals surface area contributed by atoms with Crippen molar-refractivity contribution in [2.24, 2.45) is 5.92 Å². The van der Waals surface area contributed by atoms with Gasteiger partial charge in [0.05, 0.1) is 0 Å². The van der Waals surface area contributed by atoms with Crippen LogP contribution in [0.1, 0.15) is 45.4 Å². The molecule has 1 aliphatic heterocycles. The molecule has 1 amide bonds. The van der Waals surface area contributed by atoms with Gasteiger partial charge in [0, 0.05) is 19.3 Å². The van der Waals surface area contributed by atoms with E-state index >= 15 is 0 Å². The zero-order valence-corrected chi connectivity index (χ0v) is 16.1. The van der Waals surface area contributed by atoms with Gasteiger partial charge in [0.2, 0.25) is 0 Å². The molecular weight excluding hydrogens is 328 g/mol. The van der Waals surface area contributed by atoms with Crippen molar-refractivity contribution in [1.29, 1.82) is 0 Å². The molecule has 1 N–H and O–H groups in total. The molecule has 2 fully saturated rings. The average Bonchev–Trinajstić information content (AvgIpc) is 3.50. The van der Waals surface area contributed by atoms with Crippen LogP contribution in [0.2, 0.25) is 0 Å². The van der Waals surface area contributed by atoms with E-state index < -0.39 is 5.60 Å². The van der Waals surface area contributed by atoms with Crippen LogP contribution in [-0.4, -0.2) is 49.8 Å². The molecule has 1 aliphatic carbocycles. The molecule has 0 spiro atoms. The Morgan fingerprint density at radius 2 is 1.81 bits per heavy atom. The van der Waals surface area contributed by atoms with Crippen LogP contribution in [0.3, 0.4) is 0 Å². The zero-order chi connectivity index (χ0) is 18.4. The van der Waals surface area contributed by atoms with E-state index in [1.165, 1.54) is 38.8 Å². The molecule has 26 heavy (non-hydrogen) atoms. The maximum Gasteiger partial charge on any atom is 0.256 e. The molecule has 0 bridgehead atoms. The lowest BCUT2D eigenvalue weighted by Gasteiger charge is -2.26. The van der Waals surface area contributed by atoms with Crippen molar-refractivity contribution in [3.05, 3.63) is 24.3 Å². The van der Waals surface area contributed by atoms with E-state index in [0.29, 0.717) is 12.5 Å². The van der Waals surface area contributed by atoms with Crippen LogP contribution in [-0.2, 0) is 9.53 Å². The molecule has 1 saturated carbocycles. The number of anilines is 1. The van der Waals surface area contributed by atoms with Gasteiger partial charge in [0.25, 0.3) is 5.91 Å². The highest BCUT2D eigenvalue weighted by Gasteiger charge is 2.47. The van der Waals surface area contributed by atoms with Gasteiger partial charge in [-0.05, 0) is 75.9 Å². The summed E-state index contributed by atoms with van der Waals surface area (Å²) < 4.78 is 11.4. The molecule has 144 valence electrons. The normalized spacial score (nSPS) is 20.8. The average molecular weight is 360 g/mol. The molecule has 5 nitrogen and oxygen atoms in total. The van der Waals surface area contributed by atoms with Crippen LogP contribution in [0.4, 0.5) is 5.69 Å². The minimum absolute atomic E-state index is 0.0719. The van der Waals surface area contributed by atoms with Crippen LogP contribution in [0, 0.1) is 5.92 Å². The van der Waals surface area contributed by atoms with Gasteiger partial charge in [-0.25, -0.2) is 0 Å². The molecule has 1 atom stereocenters. The lowest BCUT2D eigenvalue weighted by Crippen LogP contribution is -2.44. The van der Waals surface area contributed by atoms with Gasteiger partial charge in [-0.1, -0.05) is 12.8 Å². The molecule has 0 aromatic heterocycles. The van der Waals surface area contributed by atoms with E-state index in [1.54, 1.807) is 7.11 Å². The van der Waals surface area contributed by atoms with E-state index in [0.717, 1.165) is 30.8 Å². The van der Waals surface area contributed by atoms with Gasteiger partial charge in [-0.3, -0.25) is 9.69 Å². The van der Waals surface area contributed by atoms with Crippen molar-refractivity contribution in [2.45, 2.75) is 51.0 Å². The van der Waals surface area contributed by atoms with E-state index in [4.69, 9.17) is 9.47 Å². The lowest BCUT2D eigenvalue weighted by molar-refractivity contribution is -0.138. The summed E-state index contributed by atoms with van der Waals surface area (Å²) in [6.07, 6.45) is 7.43. The monoisotopic (exact) mass is 360 g/mol. The molecule has 1 aromatic rings. The van der Waals surface area contributed by atoms with Gasteiger partial charge >= 0.3 is 0 Å². The first-order valence-electron chi connectivity index (χ1n) is 9.93. The van der Waals surface area contributed by atoms with Crippen LogP contribution >= 0.6 is 0 Å². The molecule has 0 unspecified atom stereocenters. The van der Waals surface area contributed by atoms with E-state index in [1.807, 2.05) is 31.2 Å². The van der Waals surface area contributed by atoms with E-state index in [9.17, 15) is 4.79 Å². The predicted molar refractivity (Wildman–Crippen MR) is 104 cm³/mol. The fraction of sp³-hybridized carbons (Fsp3) is 0.667. The number of hydrogen-bond acceptors (Lipinski definition) is 4. The minimum atomic E-state index is -0.734. The van der Waals surface area contributed by atoms with Crippen molar-refractivity contribution in [1.82, 2.24) is 4.90 Å². The number of ether oxygens (including phenoxy) is 2. The smallest absolute Gasteiger partial charge is 0.256 e. The number of nitrogens with one attached hydrogen (secondary N) is 1. The van der Waals surface area contributed by atoms with Crippen LogP contribution < -0.4 is 10.1 Å². The van der Waals surface area contributed by atoms with Crippen LogP contribution in [0.5, 0.6) is 5.75 Å². The Balaban J connectivity index is 1.45. The Bertz CT molecular complexity index is 577. The number of likely N-dealkylation sites (tertiary alicyclic amines) is 1.